The first kappa shape index (κ1) is 10.7. The lowest BCUT2D eigenvalue weighted by atomic mass is 10.2. The van der Waals surface area contributed by atoms with Crippen LogP contribution in [0.2, 0.25) is 0 Å². The van der Waals surface area contributed by atoms with Crippen molar-refractivity contribution < 1.29 is 8.42 Å². The van der Waals surface area contributed by atoms with Crippen LogP contribution in [-0.2, 0) is 16.6 Å². The smallest absolute Gasteiger partial charge is 0.281 e. The normalized spacial score (nSPS) is 17.2. The maximum Gasteiger partial charge on any atom is 0.281 e. The van der Waals surface area contributed by atoms with E-state index in [4.69, 9.17) is 0 Å². The van der Waals surface area contributed by atoms with Crippen molar-refractivity contribution in [3.63, 3.8) is 0 Å². The Morgan fingerprint density at radius 3 is 2.80 bits per heavy atom. The largest absolute Gasteiger partial charge is 0.367 e. The number of likely N-dealkylation sites (N-methyl/N-ethyl adjacent to an activating group) is 1. The highest BCUT2D eigenvalue weighted by atomic mass is 32.2. The van der Waals surface area contributed by atoms with Crippen molar-refractivity contribution in [2.45, 2.75) is 6.42 Å². The summed E-state index contributed by atoms with van der Waals surface area (Å²) in [7, 11) is -1.54. The summed E-state index contributed by atoms with van der Waals surface area (Å²) in [6.45, 7) is 1.85. The van der Waals surface area contributed by atoms with Gasteiger partial charge in [-0.2, -0.15) is 17.0 Å². The number of rotatable bonds is 5. The van der Waals surface area contributed by atoms with E-state index < -0.39 is 10.2 Å². The topological polar surface area (TPSA) is 56.2 Å². The fourth-order valence-electron chi connectivity index (χ4n) is 1.38. The van der Waals surface area contributed by atoms with E-state index in [2.05, 4.69) is 4.98 Å². The predicted molar refractivity (Wildman–Crippen MR) is 57.6 cm³/mol. The molecular weight excluding hydrogens is 214 g/mol. The van der Waals surface area contributed by atoms with Gasteiger partial charge >= 0.3 is 0 Å². The monoisotopic (exact) mass is 229 g/mol. The van der Waals surface area contributed by atoms with E-state index >= 15 is 0 Å². The number of hydrogen-bond acceptors (Lipinski definition) is 2. The zero-order chi connectivity index (χ0) is 10.9. The van der Waals surface area contributed by atoms with E-state index in [1.165, 1.54) is 8.61 Å². The molecule has 0 radical (unpaired) electrons. The Kier molecular flexibility index (Phi) is 2.81. The fraction of sp³-hybridized carbons (Fsp3) is 0.556. The van der Waals surface area contributed by atoms with Crippen LogP contribution < -0.4 is 0 Å². The van der Waals surface area contributed by atoms with Gasteiger partial charge in [0.1, 0.15) is 0 Å². The molecule has 1 aliphatic heterocycles. The molecule has 2 heterocycles. The maximum absolute atomic E-state index is 11.7. The van der Waals surface area contributed by atoms with Gasteiger partial charge in [0.15, 0.2) is 0 Å². The van der Waals surface area contributed by atoms with Crippen LogP contribution >= 0.6 is 0 Å². The van der Waals surface area contributed by atoms with E-state index in [1.807, 2.05) is 18.5 Å². The molecule has 1 aromatic rings. The molecule has 0 aromatic carbocycles. The molecule has 15 heavy (non-hydrogen) atoms. The van der Waals surface area contributed by atoms with E-state index in [0.29, 0.717) is 19.6 Å². The third-order valence-electron chi connectivity index (χ3n) is 2.50. The third kappa shape index (κ3) is 2.39. The highest BCUT2D eigenvalue weighted by Crippen LogP contribution is 2.15. The molecule has 1 aromatic heterocycles. The minimum atomic E-state index is -3.16. The second-order valence-electron chi connectivity index (χ2n) is 3.70. The number of aromatic nitrogens is 1. The van der Waals surface area contributed by atoms with Gasteiger partial charge in [0.2, 0.25) is 0 Å². The molecule has 0 atom stereocenters. The first-order valence-electron chi connectivity index (χ1n) is 4.94. The molecule has 0 bridgehead atoms. The zero-order valence-corrected chi connectivity index (χ0v) is 9.50. The Morgan fingerprint density at radius 1 is 1.53 bits per heavy atom. The van der Waals surface area contributed by atoms with Gasteiger partial charge in [0, 0.05) is 39.1 Å². The van der Waals surface area contributed by atoms with E-state index in [-0.39, 0.29) is 0 Å². The molecule has 6 heteroatoms. The van der Waals surface area contributed by atoms with Gasteiger partial charge in [-0.3, -0.25) is 0 Å². The summed E-state index contributed by atoms with van der Waals surface area (Å²) in [5.41, 5.74) is 1.13. The van der Waals surface area contributed by atoms with Crippen LogP contribution in [-0.4, -0.2) is 48.7 Å². The van der Waals surface area contributed by atoms with E-state index in [9.17, 15) is 8.42 Å². The molecule has 84 valence electrons. The van der Waals surface area contributed by atoms with Crippen LogP contribution in [0.15, 0.2) is 18.5 Å². The molecule has 0 aliphatic carbocycles. The molecule has 1 N–H and O–H groups in total. The quantitative estimate of drug-likeness (QED) is 0.725. The van der Waals surface area contributed by atoms with Crippen LogP contribution in [0, 0.1) is 0 Å². The van der Waals surface area contributed by atoms with E-state index in [1.54, 1.807) is 7.05 Å². The van der Waals surface area contributed by atoms with Crippen molar-refractivity contribution in [1.29, 1.82) is 0 Å². The second-order valence-corrected chi connectivity index (χ2v) is 5.73. The van der Waals surface area contributed by atoms with Crippen molar-refractivity contribution in [1.82, 2.24) is 13.6 Å². The first-order valence-corrected chi connectivity index (χ1v) is 6.33. The number of nitrogens with zero attached hydrogens (tertiary/aromatic N) is 2. The van der Waals surface area contributed by atoms with Crippen LogP contribution in [0.3, 0.4) is 0 Å². The SMILES string of the molecule is CN(CCc1cc[nH]c1)S(=O)(=O)N1CC1. The van der Waals surface area contributed by atoms with Gasteiger partial charge in [-0.25, -0.2) is 0 Å². The highest BCUT2D eigenvalue weighted by molar-refractivity contribution is 7.87. The van der Waals surface area contributed by atoms with Crippen LogP contribution in [0.5, 0.6) is 0 Å². The standard InChI is InChI=1S/C9H15N3O2S/c1-11(15(13,14)12-6-7-12)5-3-9-2-4-10-8-9/h2,4,8,10H,3,5-7H2,1H3. The molecule has 5 nitrogen and oxygen atoms in total. The summed E-state index contributed by atoms with van der Waals surface area (Å²) >= 11 is 0. The summed E-state index contributed by atoms with van der Waals surface area (Å²) in [6.07, 6.45) is 4.47. The lowest BCUT2D eigenvalue weighted by Crippen LogP contribution is -2.33. The summed E-state index contributed by atoms with van der Waals surface area (Å²) in [6, 6.07) is 1.96. The van der Waals surface area contributed by atoms with Gasteiger partial charge in [0.05, 0.1) is 0 Å². The van der Waals surface area contributed by atoms with Crippen molar-refractivity contribution in [3.8, 4) is 0 Å². The molecule has 0 saturated carbocycles. The molecule has 1 fully saturated rings. The summed E-state index contributed by atoms with van der Waals surface area (Å²) in [5.74, 6) is 0. The van der Waals surface area contributed by atoms with E-state index in [0.717, 1.165) is 12.0 Å². The Morgan fingerprint density at radius 2 is 2.27 bits per heavy atom. The van der Waals surface area contributed by atoms with Gasteiger partial charge in [-0.05, 0) is 18.1 Å². The van der Waals surface area contributed by atoms with Gasteiger partial charge < -0.3 is 4.98 Å². The Labute approximate surface area is 89.9 Å². The molecule has 1 aliphatic rings. The van der Waals surface area contributed by atoms with Crippen molar-refractivity contribution in [3.05, 3.63) is 24.0 Å². The van der Waals surface area contributed by atoms with Gasteiger partial charge in [-0.15, -0.1) is 0 Å². The van der Waals surface area contributed by atoms with Crippen LogP contribution in [0.25, 0.3) is 0 Å². The molecule has 0 spiro atoms. The van der Waals surface area contributed by atoms with Gasteiger partial charge in [0.25, 0.3) is 10.2 Å². The summed E-state index contributed by atoms with van der Waals surface area (Å²) in [5, 5.41) is 0. The number of H-pyrrole nitrogens is 1. The maximum atomic E-state index is 11.7. The number of aromatic amines is 1. The lowest BCUT2D eigenvalue weighted by Gasteiger charge is -2.16. The minimum absolute atomic E-state index is 0.524. The zero-order valence-electron chi connectivity index (χ0n) is 8.68. The molecule has 1 saturated heterocycles. The second kappa shape index (κ2) is 3.96. The van der Waals surface area contributed by atoms with Crippen molar-refractivity contribution >= 4 is 10.2 Å². The lowest BCUT2D eigenvalue weighted by molar-refractivity contribution is 0.445. The molecule has 0 unspecified atom stereocenters. The van der Waals surface area contributed by atoms with Crippen molar-refractivity contribution in [2.75, 3.05) is 26.7 Å². The highest BCUT2D eigenvalue weighted by Gasteiger charge is 2.34. The fourth-order valence-corrected chi connectivity index (χ4v) is 2.64. The number of nitrogens with one attached hydrogen (secondary N) is 1. The predicted octanol–water partition coefficient (Wildman–Crippen LogP) is 0.0494. The summed E-state index contributed by atoms with van der Waals surface area (Å²) in [4.78, 5) is 2.95. The number of hydrogen-bond donors (Lipinski definition) is 1. The first-order chi connectivity index (χ1) is 7.10. The Balaban J connectivity index is 1.89. The third-order valence-corrected chi connectivity index (χ3v) is 4.49. The van der Waals surface area contributed by atoms with Crippen molar-refractivity contribution in [2.24, 2.45) is 0 Å². The van der Waals surface area contributed by atoms with Crippen LogP contribution in [0.1, 0.15) is 5.56 Å². The minimum Gasteiger partial charge on any atom is -0.367 e. The molecule has 2 rings (SSSR count). The molecular formula is C9H15N3O2S. The Hall–Kier alpha value is -0.850. The van der Waals surface area contributed by atoms with Crippen LogP contribution in [0.4, 0.5) is 0 Å². The average Bonchev–Trinajstić information content (AvgIpc) is 2.94. The van der Waals surface area contributed by atoms with Gasteiger partial charge in [-0.1, -0.05) is 0 Å². The average molecular weight is 229 g/mol. The Bertz CT molecular complexity index is 409. The molecule has 0 amide bonds. The summed E-state index contributed by atoms with van der Waals surface area (Å²) < 4.78 is 26.3.